The highest BCUT2D eigenvalue weighted by Crippen LogP contribution is 2.22. The van der Waals surface area contributed by atoms with Gasteiger partial charge < -0.3 is 9.52 Å². The van der Waals surface area contributed by atoms with Gasteiger partial charge in [0.2, 0.25) is 5.76 Å². The topological polar surface area (TPSA) is 53.7 Å². The Morgan fingerprint density at radius 2 is 2.12 bits per heavy atom. The van der Waals surface area contributed by atoms with Crippen molar-refractivity contribution in [1.82, 2.24) is 4.90 Å². The van der Waals surface area contributed by atoms with Crippen molar-refractivity contribution in [1.29, 1.82) is 0 Å². The molecule has 4 nitrogen and oxygen atoms in total. The van der Waals surface area contributed by atoms with Crippen LogP contribution >= 0.6 is 0 Å². The zero-order valence-electron chi connectivity index (χ0n) is 11.2. The monoisotopic (exact) mass is 239 g/mol. The Bertz CT molecular complexity index is 407. The zero-order chi connectivity index (χ0) is 13.2. The molecule has 0 aliphatic heterocycles. The molecular weight excluding hydrogens is 218 g/mol. The van der Waals surface area contributed by atoms with E-state index in [4.69, 9.17) is 9.52 Å². The molecule has 0 saturated carbocycles. The Kier molecular flexibility index (Phi) is 3.98. The van der Waals surface area contributed by atoms with Crippen LogP contribution in [0.3, 0.4) is 0 Å². The standard InChI is InChI=1S/C13H21NO3/c1-6-13(3,4)14(5)8-10-7-11(12(15)16)17-9(10)2/h7H,6,8H2,1-5H3,(H,15,16). The van der Waals surface area contributed by atoms with Gasteiger partial charge in [-0.25, -0.2) is 4.79 Å². The lowest BCUT2D eigenvalue weighted by molar-refractivity contribution is 0.0661. The van der Waals surface area contributed by atoms with E-state index >= 15 is 0 Å². The third-order valence-electron chi connectivity index (χ3n) is 3.54. The van der Waals surface area contributed by atoms with Crippen LogP contribution in [0, 0.1) is 6.92 Å². The van der Waals surface area contributed by atoms with Crippen molar-refractivity contribution in [3.63, 3.8) is 0 Å². The minimum atomic E-state index is -1.02. The highest BCUT2D eigenvalue weighted by molar-refractivity contribution is 5.84. The lowest BCUT2D eigenvalue weighted by atomic mass is 9.99. The second-order valence-electron chi connectivity index (χ2n) is 5.02. The van der Waals surface area contributed by atoms with Crippen molar-refractivity contribution in [2.45, 2.75) is 46.2 Å². The summed E-state index contributed by atoms with van der Waals surface area (Å²) in [5.41, 5.74) is 1.03. The largest absolute Gasteiger partial charge is 0.475 e. The molecular formula is C13H21NO3. The third kappa shape index (κ3) is 3.09. The van der Waals surface area contributed by atoms with Crippen LogP contribution in [0.15, 0.2) is 10.5 Å². The summed E-state index contributed by atoms with van der Waals surface area (Å²) < 4.78 is 5.20. The molecule has 0 aliphatic rings. The predicted octanol–water partition coefficient (Wildman–Crippen LogP) is 2.91. The first kappa shape index (κ1) is 13.8. The van der Waals surface area contributed by atoms with E-state index in [9.17, 15) is 4.79 Å². The van der Waals surface area contributed by atoms with Crippen molar-refractivity contribution in [2.24, 2.45) is 0 Å². The number of aromatic carboxylic acids is 1. The number of carbonyl (C=O) groups is 1. The second kappa shape index (κ2) is 4.92. The van der Waals surface area contributed by atoms with Gasteiger partial charge >= 0.3 is 5.97 Å². The number of nitrogens with zero attached hydrogens (tertiary/aromatic N) is 1. The lowest BCUT2D eigenvalue weighted by Crippen LogP contribution is -2.39. The lowest BCUT2D eigenvalue weighted by Gasteiger charge is -2.34. The minimum absolute atomic E-state index is 0.0141. The molecule has 4 heteroatoms. The fraction of sp³-hybridized carbons (Fsp3) is 0.615. The Morgan fingerprint density at radius 3 is 2.53 bits per heavy atom. The molecule has 0 fully saturated rings. The number of rotatable bonds is 5. The van der Waals surface area contributed by atoms with Gasteiger partial charge in [0, 0.05) is 17.6 Å². The van der Waals surface area contributed by atoms with Gasteiger partial charge in [0.1, 0.15) is 5.76 Å². The average molecular weight is 239 g/mol. The zero-order valence-corrected chi connectivity index (χ0v) is 11.2. The first-order valence-electron chi connectivity index (χ1n) is 5.81. The highest BCUT2D eigenvalue weighted by Gasteiger charge is 2.23. The van der Waals surface area contributed by atoms with Crippen molar-refractivity contribution in [3.05, 3.63) is 23.2 Å². The van der Waals surface area contributed by atoms with E-state index in [0.29, 0.717) is 12.3 Å². The summed E-state index contributed by atoms with van der Waals surface area (Å²) in [5.74, 6) is -0.321. The quantitative estimate of drug-likeness (QED) is 0.858. The normalized spacial score (nSPS) is 12.1. The van der Waals surface area contributed by atoms with Crippen molar-refractivity contribution in [3.8, 4) is 0 Å². The molecule has 0 spiro atoms. The van der Waals surface area contributed by atoms with Gasteiger partial charge in [0.05, 0.1) is 0 Å². The van der Waals surface area contributed by atoms with Gasteiger partial charge in [-0.2, -0.15) is 0 Å². The smallest absolute Gasteiger partial charge is 0.371 e. The van der Waals surface area contributed by atoms with Crippen LogP contribution in [-0.4, -0.2) is 28.6 Å². The Hall–Kier alpha value is -1.29. The summed E-state index contributed by atoms with van der Waals surface area (Å²) in [4.78, 5) is 13.0. The Balaban J connectivity index is 2.85. The molecule has 1 heterocycles. The van der Waals surface area contributed by atoms with E-state index in [1.54, 1.807) is 13.0 Å². The van der Waals surface area contributed by atoms with Gasteiger partial charge in [-0.3, -0.25) is 4.90 Å². The van der Waals surface area contributed by atoms with Crippen molar-refractivity contribution in [2.75, 3.05) is 7.05 Å². The number of carboxylic acid groups (broad SMARTS) is 1. The van der Waals surface area contributed by atoms with Crippen LogP contribution in [0.5, 0.6) is 0 Å². The molecule has 0 unspecified atom stereocenters. The third-order valence-corrected chi connectivity index (χ3v) is 3.54. The average Bonchev–Trinajstić information content (AvgIpc) is 2.60. The minimum Gasteiger partial charge on any atom is -0.475 e. The van der Waals surface area contributed by atoms with E-state index in [1.165, 1.54) is 0 Å². The Labute approximate surface area is 102 Å². The molecule has 17 heavy (non-hydrogen) atoms. The summed E-state index contributed by atoms with van der Waals surface area (Å²) in [6.45, 7) is 8.97. The number of carboxylic acids is 1. The maximum Gasteiger partial charge on any atom is 0.371 e. The molecule has 1 N–H and O–H groups in total. The highest BCUT2D eigenvalue weighted by atomic mass is 16.4. The molecule has 0 bridgehead atoms. The van der Waals surface area contributed by atoms with E-state index < -0.39 is 5.97 Å². The summed E-state index contributed by atoms with van der Waals surface area (Å²) in [6, 6.07) is 1.61. The van der Waals surface area contributed by atoms with Gasteiger partial charge in [-0.05, 0) is 40.3 Å². The van der Waals surface area contributed by atoms with Gasteiger partial charge in [0.15, 0.2) is 0 Å². The first-order chi connectivity index (χ1) is 7.77. The first-order valence-corrected chi connectivity index (χ1v) is 5.81. The molecule has 0 amide bonds. The summed E-state index contributed by atoms with van der Waals surface area (Å²) in [7, 11) is 2.04. The maximum absolute atomic E-state index is 10.8. The second-order valence-corrected chi connectivity index (χ2v) is 5.02. The van der Waals surface area contributed by atoms with Gasteiger partial charge in [0.25, 0.3) is 0 Å². The maximum atomic E-state index is 10.8. The number of hydrogen-bond donors (Lipinski definition) is 1. The van der Waals surface area contributed by atoms with Crippen LogP contribution in [0.25, 0.3) is 0 Å². The summed E-state index contributed by atoms with van der Waals surface area (Å²) in [5, 5.41) is 8.86. The Morgan fingerprint density at radius 1 is 1.53 bits per heavy atom. The van der Waals surface area contributed by atoms with Gasteiger partial charge in [-0.15, -0.1) is 0 Å². The van der Waals surface area contributed by atoms with E-state index in [1.807, 2.05) is 7.05 Å². The molecule has 96 valence electrons. The molecule has 1 aromatic rings. The van der Waals surface area contributed by atoms with Crippen molar-refractivity contribution >= 4 is 5.97 Å². The van der Waals surface area contributed by atoms with Crippen LogP contribution < -0.4 is 0 Å². The molecule has 0 radical (unpaired) electrons. The van der Waals surface area contributed by atoms with E-state index in [2.05, 4.69) is 25.7 Å². The van der Waals surface area contributed by atoms with E-state index in [-0.39, 0.29) is 11.3 Å². The van der Waals surface area contributed by atoms with Gasteiger partial charge in [-0.1, -0.05) is 6.92 Å². The predicted molar refractivity (Wildman–Crippen MR) is 66.2 cm³/mol. The fourth-order valence-corrected chi connectivity index (χ4v) is 1.52. The molecule has 0 aromatic carbocycles. The van der Waals surface area contributed by atoms with Crippen LogP contribution in [-0.2, 0) is 6.54 Å². The van der Waals surface area contributed by atoms with Crippen molar-refractivity contribution < 1.29 is 14.3 Å². The summed E-state index contributed by atoms with van der Waals surface area (Å²) in [6.07, 6.45) is 1.03. The molecule has 1 rings (SSSR count). The summed E-state index contributed by atoms with van der Waals surface area (Å²) >= 11 is 0. The number of furan rings is 1. The van der Waals surface area contributed by atoms with Crippen LogP contribution in [0.1, 0.15) is 49.1 Å². The molecule has 1 aromatic heterocycles. The van der Waals surface area contributed by atoms with Crippen LogP contribution in [0.4, 0.5) is 0 Å². The molecule has 0 saturated heterocycles. The van der Waals surface area contributed by atoms with E-state index in [0.717, 1.165) is 12.0 Å². The number of hydrogen-bond acceptors (Lipinski definition) is 3. The SMILES string of the molecule is CCC(C)(C)N(C)Cc1cc(C(=O)O)oc1C. The van der Waals surface area contributed by atoms with Crippen LogP contribution in [0.2, 0.25) is 0 Å². The molecule has 0 atom stereocenters. The molecule has 0 aliphatic carbocycles. The number of aryl methyl sites for hydroxylation is 1. The fourth-order valence-electron chi connectivity index (χ4n) is 1.52.